The summed E-state index contributed by atoms with van der Waals surface area (Å²) in [4.78, 5) is 27.4. The maximum absolute atomic E-state index is 12.5. The molecule has 0 aliphatic carbocycles. The number of rotatable bonds is 7. The van der Waals surface area contributed by atoms with E-state index in [0.717, 1.165) is 36.5 Å². The van der Waals surface area contributed by atoms with Crippen LogP contribution < -0.4 is 5.32 Å². The normalized spacial score (nSPS) is 14.9. The van der Waals surface area contributed by atoms with E-state index in [1.807, 2.05) is 41.1 Å². The molecule has 8 heteroatoms. The minimum Gasteiger partial charge on any atom is -0.464 e. The highest BCUT2D eigenvalue weighted by Gasteiger charge is 2.24. The first-order valence-electron chi connectivity index (χ1n) is 9.48. The molecule has 0 saturated carbocycles. The number of carbonyl (C=O) groups excluding carboxylic acids is 2. The number of esters is 1. The van der Waals surface area contributed by atoms with Crippen LogP contribution in [0.4, 0.5) is 5.69 Å². The molecule has 0 radical (unpaired) electrons. The number of anilines is 1. The monoisotopic (exact) mass is 412 g/mol. The minimum absolute atomic E-state index is 0.0651. The number of methoxy groups -OCH3 is 1. The number of piperidine rings is 1. The molecule has 1 aliphatic heterocycles. The minimum atomic E-state index is -0.329. The molecule has 29 heavy (non-hydrogen) atoms. The molecule has 1 aliphatic rings. The van der Waals surface area contributed by atoms with Gasteiger partial charge >= 0.3 is 5.97 Å². The van der Waals surface area contributed by atoms with E-state index in [1.54, 1.807) is 6.07 Å². The number of nitrogens with one attached hydrogen (secondary N) is 1. The van der Waals surface area contributed by atoms with Gasteiger partial charge in [-0.1, -0.05) is 12.1 Å². The Morgan fingerprint density at radius 2 is 2.00 bits per heavy atom. The van der Waals surface area contributed by atoms with E-state index in [9.17, 15) is 9.59 Å². The van der Waals surface area contributed by atoms with E-state index >= 15 is 0 Å². The van der Waals surface area contributed by atoms with Gasteiger partial charge in [-0.2, -0.15) is 5.26 Å². The van der Waals surface area contributed by atoms with Crippen molar-refractivity contribution in [2.24, 2.45) is 0 Å². The lowest BCUT2D eigenvalue weighted by Gasteiger charge is -2.32. The fourth-order valence-corrected chi connectivity index (χ4v) is 4.21. The van der Waals surface area contributed by atoms with Gasteiger partial charge in [-0.05, 0) is 37.1 Å². The Hall–Kier alpha value is -2.76. The van der Waals surface area contributed by atoms with Gasteiger partial charge in [-0.15, -0.1) is 11.8 Å². The topological polar surface area (TPSA) is 87.4 Å². The van der Waals surface area contributed by atoms with Crippen molar-refractivity contribution in [1.82, 2.24) is 9.47 Å². The molecule has 0 spiro atoms. The summed E-state index contributed by atoms with van der Waals surface area (Å²) in [5, 5.41) is 11.7. The molecule has 1 aromatic heterocycles. The molecule has 0 unspecified atom stereocenters. The average molecular weight is 413 g/mol. The van der Waals surface area contributed by atoms with E-state index in [0.29, 0.717) is 18.0 Å². The number of thioether (sulfide) groups is 1. The average Bonchev–Trinajstić information content (AvgIpc) is 3.23. The van der Waals surface area contributed by atoms with Gasteiger partial charge in [0.25, 0.3) is 0 Å². The molecule has 152 valence electrons. The van der Waals surface area contributed by atoms with Crippen LogP contribution in [0.25, 0.3) is 0 Å². The van der Waals surface area contributed by atoms with Crippen LogP contribution in [0.15, 0.2) is 47.5 Å². The van der Waals surface area contributed by atoms with Crippen molar-refractivity contribution in [2.45, 2.75) is 23.8 Å². The molecule has 1 N–H and O–H groups in total. The molecule has 1 saturated heterocycles. The number of ether oxygens (including phenoxy) is 1. The number of amides is 1. The predicted molar refractivity (Wildman–Crippen MR) is 112 cm³/mol. The molecule has 1 aromatic carbocycles. The van der Waals surface area contributed by atoms with Gasteiger partial charge in [-0.25, -0.2) is 4.79 Å². The fraction of sp³-hybridized carbons (Fsp3) is 0.381. The molecule has 2 aromatic rings. The zero-order valence-corrected chi connectivity index (χ0v) is 17.2. The number of nitriles is 1. The summed E-state index contributed by atoms with van der Waals surface area (Å²) < 4.78 is 6.83. The molecule has 1 fully saturated rings. The highest BCUT2D eigenvalue weighted by atomic mass is 32.2. The second-order valence-electron chi connectivity index (χ2n) is 6.79. The standard InChI is InChI=1S/C21H24N4O3S/c1-28-21(27)18-6-4-11-25(18)16-8-12-24(13-9-16)15-20(26)23-17-5-2-3-7-19(17)29-14-10-22/h2-7,11,16H,8-9,12-15H2,1H3,(H,23,26). The van der Waals surface area contributed by atoms with Crippen molar-refractivity contribution < 1.29 is 14.3 Å². The van der Waals surface area contributed by atoms with Gasteiger partial charge in [0, 0.05) is 30.2 Å². The third-order valence-electron chi connectivity index (χ3n) is 4.94. The van der Waals surface area contributed by atoms with E-state index in [2.05, 4.69) is 16.3 Å². The third-order valence-corrected chi connectivity index (χ3v) is 5.88. The Labute approximate surface area is 174 Å². The van der Waals surface area contributed by atoms with Crippen molar-refractivity contribution >= 4 is 29.3 Å². The van der Waals surface area contributed by atoms with Crippen molar-refractivity contribution in [3.8, 4) is 6.07 Å². The lowest BCUT2D eigenvalue weighted by molar-refractivity contribution is -0.117. The number of hydrogen-bond donors (Lipinski definition) is 1. The lowest BCUT2D eigenvalue weighted by Crippen LogP contribution is -2.40. The van der Waals surface area contributed by atoms with E-state index < -0.39 is 0 Å². The number of para-hydroxylation sites is 1. The maximum atomic E-state index is 12.5. The Balaban J connectivity index is 1.53. The SMILES string of the molecule is COC(=O)c1cccn1C1CCN(CC(=O)Nc2ccccc2SCC#N)CC1. The molecule has 0 atom stereocenters. The number of aromatic nitrogens is 1. The second-order valence-corrected chi connectivity index (χ2v) is 7.81. The van der Waals surface area contributed by atoms with Gasteiger partial charge in [0.2, 0.25) is 5.91 Å². The maximum Gasteiger partial charge on any atom is 0.354 e. The first kappa shape index (κ1) is 21.0. The summed E-state index contributed by atoms with van der Waals surface area (Å²) in [6.07, 6.45) is 3.64. The summed E-state index contributed by atoms with van der Waals surface area (Å²) in [7, 11) is 1.39. The van der Waals surface area contributed by atoms with Crippen LogP contribution in [0.2, 0.25) is 0 Å². The highest BCUT2D eigenvalue weighted by molar-refractivity contribution is 7.99. The molecule has 1 amide bonds. The zero-order chi connectivity index (χ0) is 20.6. The van der Waals surface area contributed by atoms with Gasteiger partial charge in [-0.3, -0.25) is 9.69 Å². The van der Waals surface area contributed by atoms with Crippen LogP contribution in [0, 0.1) is 11.3 Å². The van der Waals surface area contributed by atoms with Crippen LogP contribution in [0.5, 0.6) is 0 Å². The van der Waals surface area contributed by atoms with Crippen LogP contribution in [0.3, 0.4) is 0 Å². The van der Waals surface area contributed by atoms with Crippen LogP contribution >= 0.6 is 11.8 Å². The van der Waals surface area contributed by atoms with Gasteiger partial charge in [0.15, 0.2) is 0 Å². The Morgan fingerprint density at radius 3 is 2.72 bits per heavy atom. The number of likely N-dealkylation sites (tertiary alicyclic amines) is 1. The van der Waals surface area contributed by atoms with Crippen molar-refractivity contribution in [1.29, 1.82) is 5.26 Å². The van der Waals surface area contributed by atoms with Crippen molar-refractivity contribution in [3.63, 3.8) is 0 Å². The van der Waals surface area contributed by atoms with Crippen LogP contribution in [-0.4, -0.2) is 53.8 Å². The van der Waals surface area contributed by atoms with Gasteiger partial charge in [0.05, 0.1) is 31.2 Å². The van der Waals surface area contributed by atoms with Crippen LogP contribution in [-0.2, 0) is 9.53 Å². The molecular weight excluding hydrogens is 388 g/mol. The number of nitrogens with zero attached hydrogens (tertiary/aromatic N) is 3. The molecule has 7 nitrogen and oxygen atoms in total. The molecule has 0 bridgehead atoms. The Morgan fingerprint density at radius 1 is 1.24 bits per heavy atom. The third kappa shape index (κ3) is 5.40. The second kappa shape index (κ2) is 10.1. The van der Waals surface area contributed by atoms with Gasteiger partial charge < -0.3 is 14.6 Å². The summed E-state index contributed by atoms with van der Waals surface area (Å²) in [5.41, 5.74) is 1.30. The molecule has 3 rings (SSSR count). The van der Waals surface area contributed by atoms with E-state index in [1.165, 1.54) is 18.9 Å². The summed E-state index contributed by atoms with van der Waals surface area (Å²) >= 11 is 1.41. The number of hydrogen-bond acceptors (Lipinski definition) is 6. The first-order chi connectivity index (χ1) is 14.1. The summed E-state index contributed by atoms with van der Waals surface area (Å²) in [5.74, 6) is -0.0534. The zero-order valence-electron chi connectivity index (χ0n) is 16.3. The van der Waals surface area contributed by atoms with E-state index in [-0.39, 0.29) is 17.9 Å². The molecular formula is C21H24N4O3S. The quantitative estimate of drug-likeness (QED) is 0.555. The molecule has 2 heterocycles. The largest absolute Gasteiger partial charge is 0.464 e. The predicted octanol–water partition coefficient (Wildman–Crippen LogP) is 3.17. The highest BCUT2D eigenvalue weighted by Crippen LogP contribution is 2.27. The smallest absolute Gasteiger partial charge is 0.354 e. The van der Waals surface area contributed by atoms with Crippen molar-refractivity contribution in [3.05, 3.63) is 48.3 Å². The Bertz CT molecular complexity index is 897. The number of carbonyl (C=O) groups is 2. The van der Waals surface area contributed by atoms with Gasteiger partial charge in [0.1, 0.15) is 5.69 Å². The Kier molecular flexibility index (Phi) is 7.33. The summed E-state index contributed by atoms with van der Waals surface area (Å²) in [6, 6.07) is 13.5. The summed E-state index contributed by atoms with van der Waals surface area (Å²) in [6.45, 7) is 1.88. The number of benzene rings is 1. The van der Waals surface area contributed by atoms with E-state index in [4.69, 9.17) is 10.00 Å². The lowest BCUT2D eigenvalue weighted by atomic mass is 10.0. The van der Waals surface area contributed by atoms with Crippen LogP contribution in [0.1, 0.15) is 29.4 Å². The first-order valence-corrected chi connectivity index (χ1v) is 10.5. The fourth-order valence-electron chi connectivity index (χ4n) is 3.54. The van der Waals surface area contributed by atoms with Crippen molar-refractivity contribution in [2.75, 3.05) is 37.8 Å².